The van der Waals surface area contributed by atoms with Crippen LogP contribution in [0.4, 0.5) is 11.8 Å². The van der Waals surface area contributed by atoms with Gasteiger partial charge in [-0.05, 0) is 23.8 Å². The number of pyridine rings is 1. The molecule has 3 heterocycles. The summed E-state index contributed by atoms with van der Waals surface area (Å²) in [4.78, 5) is 17.6. The molecule has 0 aromatic carbocycles. The SMILES string of the molecule is CNc1cc(CN2CCN(c3ncccn3)CC2)ccn1. The van der Waals surface area contributed by atoms with Crippen LogP contribution in [-0.4, -0.2) is 53.1 Å². The maximum Gasteiger partial charge on any atom is 0.225 e. The van der Waals surface area contributed by atoms with Gasteiger partial charge in [0.15, 0.2) is 0 Å². The summed E-state index contributed by atoms with van der Waals surface area (Å²) in [6, 6.07) is 6.03. The average Bonchev–Trinajstić information content (AvgIpc) is 2.56. The Bertz CT molecular complexity index is 565. The fraction of sp³-hybridized carbons (Fsp3) is 0.400. The van der Waals surface area contributed by atoms with Crippen LogP contribution in [0.3, 0.4) is 0 Å². The van der Waals surface area contributed by atoms with Crippen LogP contribution in [0, 0.1) is 0 Å². The lowest BCUT2D eigenvalue weighted by atomic mass is 10.2. The van der Waals surface area contributed by atoms with Gasteiger partial charge >= 0.3 is 0 Å². The Morgan fingerprint density at radius 1 is 1.05 bits per heavy atom. The molecule has 2 aromatic rings. The summed E-state index contributed by atoms with van der Waals surface area (Å²) in [6.07, 6.45) is 5.45. The summed E-state index contributed by atoms with van der Waals surface area (Å²) in [6.45, 7) is 4.94. The minimum absolute atomic E-state index is 0.832. The van der Waals surface area contributed by atoms with Crippen LogP contribution in [-0.2, 0) is 6.54 Å². The highest BCUT2D eigenvalue weighted by molar-refractivity contribution is 5.36. The normalized spacial score (nSPS) is 16.0. The predicted molar refractivity (Wildman–Crippen MR) is 83.3 cm³/mol. The van der Waals surface area contributed by atoms with Crippen LogP contribution in [0.5, 0.6) is 0 Å². The van der Waals surface area contributed by atoms with Gasteiger partial charge in [-0.2, -0.15) is 0 Å². The van der Waals surface area contributed by atoms with Crippen molar-refractivity contribution in [3.8, 4) is 0 Å². The third kappa shape index (κ3) is 3.46. The summed E-state index contributed by atoms with van der Waals surface area (Å²) < 4.78 is 0. The molecule has 3 rings (SSSR count). The number of rotatable bonds is 4. The quantitative estimate of drug-likeness (QED) is 0.911. The molecular formula is C15H20N6. The lowest BCUT2D eigenvalue weighted by molar-refractivity contribution is 0.248. The van der Waals surface area contributed by atoms with Crippen molar-refractivity contribution in [1.29, 1.82) is 0 Å². The van der Waals surface area contributed by atoms with Gasteiger partial charge in [0, 0.05) is 58.4 Å². The third-order valence-electron chi connectivity index (χ3n) is 3.69. The van der Waals surface area contributed by atoms with Crippen molar-refractivity contribution in [2.45, 2.75) is 6.54 Å². The molecular weight excluding hydrogens is 264 g/mol. The van der Waals surface area contributed by atoms with Gasteiger partial charge < -0.3 is 10.2 Å². The molecule has 1 aliphatic rings. The van der Waals surface area contributed by atoms with Crippen molar-refractivity contribution in [2.24, 2.45) is 0 Å². The topological polar surface area (TPSA) is 57.2 Å². The van der Waals surface area contributed by atoms with Crippen molar-refractivity contribution in [3.05, 3.63) is 42.4 Å². The first kappa shape index (κ1) is 13.8. The molecule has 0 amide bonds. The second-order valence-electron chi connectivity index (χ2n) is 5.11. The first-order valence-corrected chi connectivity index (χ1v) is 7.22. The van der Waals surface area contributed by atoms with Crippen molar-refractivity contribution in [2.75, 3.05) is 43.4 Å². The summed E-state index contributed by atoms with van der Waals surface area (Å²) in [5.74, 6) is 1.75. The zero-order chi connectivity index (χ0) is 14.5. The minimum Gasteiger partial charge on any atom is -0.373 e. The van der Waals surface area contributed by atoms with Gasteiger partial charge in [-0.1, -0.05) is 0 Å². The van der Waals surface area contributed by atoms with E-state index in [1.807, 2.05) is 19.3 Å². The Balaban J connectivity index is 1.56. The molecule has 0 saturated carbocycles. The van der Waals surface area contributed by atoms with E-state index < -0.39 is 0 Å². The second kappa shape index (κ2) is 6.49. The summed E-state index contributed by atoms with van der Waals surface area (Å²) in [7, 11) is 1.89. The van der Waals surface area contributed by atoms with E-state index in [9.17, 15) is 0 Å². The Labute approximate surface area is 124 Å². The maximum absolute atomic E-state index is 4.31. The van der Waals surface area contributed by atoms with Gasteiger partial charge in [-0.25, -0.2) is 15.0 Å². The first-order chi connectivity index (χ1) is 10.3. The van der Waals surface area contributed by atoms with E-state index in [4.69, 9.17) is 0 Å². The van der Waals surface area contributed by atoms with E-state index in [0.717, 1.165) is 44.5 Å². The van der Waals surface area contributed by atoms with Crippen LogP contribution in [0.2, 0.25) is 0 Å². The smallest absolute Gasteiger partial charge is 0.225 e. The molecule has 6 heteroatoms. The molecule has 0 unspecified atom stereocenters. The van der Waals surface area contributed by atoms with Crippen molar-refractivity contribution in [1.82, 2.24) is 19.9 Å². The molecule has 110 valence electrons. The van der Waals surface area contributed by atoms with E-state index in [1.54, 1.807) is 12.4 Å². The van der Waals surface area contributed by atoms with Crippen LogP contribution >= 0.6 is 0 Å². The first-order valence-electron chi connectivity index (χ1n) is 7.22. The van der Waals surface area contributed by atoms with Gasteiger partial charge in [-0.3, -0.25) is 4.90 Å². The Morgan fingerprint density at radius 2 is 1.81 bits per heavy atom. The number of hydrogen-bond donors (Lipinski definition) is 1. The average molecular weight is 284 g/mol. The van der Waals surface area contributed by atoms with E-state index in [1.165, 1.54) is 5.56 Å². The van der Waals surface area contributed by atoms with Crippen LogP contribution in [0.15, 0.2) is 36.8 Å². The Hall–Kier alpha value is -2.21. The molecule has 1 saturated heterocycles. The van der Waals surface area contributed by atoms with Crippen molar-refractivity contribution < 1.29 is 0 Å². The molecule has 0 bridgehead atoms. The minimum atomic E-state index is 0.832. The Morgan fingerprint density at radius 3 is 2.52 bits per heavy atom. The number of piperazine rings is 1. The van der Waals surface area contributed by atoms with Gasteiger partial charge in [0.1, 0.15) is 5.82 Å². The highest BCUT2D eigenvalue weighted by atomic mass is 15.3. The predicted octanol–water partition coefficient (Wildman–Crippen LogP) is 1.24. The number of anilines is 2. The molecule has 0 radical (unpaired) electrons. The van der Waals surface area contributed by atoms with Crippen molar-refractivity contribution in [3.63, 3.8) is 0 Å². The third-order valence-corrected chi connectivity index (χ3v) is 3.69. The fourth-order valence-corrected chi connectivity index (χ4v) is 2.53. The largest absolute Gasteiger partial charge is 0.373 e. The van der Waals surface area contributed by atoms with Crippen LogP contribution < -0.4 is 10.2 Å². The monoisotopic (exact) mass is 284 g/mol. The molecule has 2 aromatic heterocycles. The number of aromatic nitrogens is 3. The summed E-state index contributed by atoms with van der Waals surface area (Å²) in [5, 5.41) is 3.08. The number of hydrogen-bond acceptors (Lipinski definition) is 6. The second-order valence-corrected chi connectivity index (χ2v) is 5.11. The maximum atomic E-state index is 4.31. The van der Waals surface area contributed by atoms with E-state index in [0.29, 0.717) is 0 Å². The van der Waals surface area contributed by atoms with Crippen LogP contribution in [0.25, 0.3) is 0 Å². The fourth-order valence-electron chi connectivity index (χ4n) is 2.53. The molecule has 0 spiro atoms. The molecule has 1 fully saturated rings. The van der Waals surface area contributed by atoms with E-state index >= 15 is 0 Å². The molecule has 1 aliphatic heterocycles. The lowest BCUT2D eigenvalue weighted by Gasteiger charge is -2.34. The highest BCUT2D eigenvalue weighted by Crippen LogP contribution is 2.13. The molecule has 1 N–H and O–H groups in total. The molecule has 0 atom stereocenters. The van der Waals surface area contributed by atoms with Gasteiger partial charge in [-0.15, -0.1) is 0 Å². The zero-order valence-electron chi connectivity index (χ0n) is 12.2. The molecule has 6 nitrogen and oxygen atoms in total. The van der Waals surface area contributed by atoms with Gasteiger partial charge in [0.05, 0.1) is 0 Å². The van der Waals surface area contributed by atoms with Crippen LogP contribution in [0.1, 0.15) is 5.56 Å². The summed E-state index contributed by atoms with van der Waals surface area (Å²) >= 11 is 0. The van der Waals surface area contributed by atoms with E-state index in [2.05, 4.69) is 42.2 Å². The number of nitrogens with one attached hydrogen (secondary N) is 1. The zero-order valence-corrected chi connectivity index (χ0v) is 12.2. The van der Waals surface area contributed by atoms with Gasteiger partial charge in [0.25, 0.3) is 0 Å². The van der Waals surface area contributed by atoms with Gasteiger partial charge in [0.2, 0.25) is 5.95 Å². The van der Waals surface area contributed by atoms with Crippen molar-refractivity contribution >= 4 is 11.8 Å². The highest BCUT2D eigenvalue weighted by Gasteiger charge is 2.18. The lowest BCUT2D eigenvalue weighted by Crippen LogP contribution is -2.46. The van der Waals surface area contributed by atoms with E-state index in [-0.39, 0.29) is 0 Å². The molecule has 21 heavy (non-hydrogen) atoms. The standard InChI is InChI=1S/C15H20N6/c1-16-14-11-13(3-6-17-14)12-20-7-9-21(10-8-20)15-18-4-2-5-19-15/h2-6,11H,7-10,12H2,1H3,(H,16,17). The Kier molecular flexibility index (Phi) is 4.25. The summed E-state index contributed by atoms with van der Waals surface area (Å²) in [5.41, 5.74) is 1.29. The molecule has 0 aliphatic carbocycles. The number of nitrogens with zero attached hydrogens (tertiary/aromatic N) is 5.